The monoisotopic (exact) mass is 293 g/mol. The van der Waals surface area contributed by atoms with Crippen LogP contribution in [0.25, 0.3) is 0 Å². The van der Waals surface area contributed by atoms with E-state index < -0.39 is 0 Å². The van der Waals surface area contributed by atoms with E-state index in [0.29, 0.717) is 18.6 Å². The third-order valence-corrected chi connectivity index (χ3v) is 3.67. The van der Waals surface area contributed by atoms with E-state index in [-0.39, 0.29) is 0 Å². The van der Waals surface area contributed by atoms with Gasteiger partial charge in [0, 0.05) is 19.6 Å². The molecule has 0 amide bonds. The lowest BCUT2D eigenvalue weighted by Gasteiger charge is -2.21. The quantitative estimate of drug-likeness (QED) is 0.870. The van der Waals surface area contributed by atoms with E-state index in [1.54, 1.807) is 0 Å². The van der Waals surface area contributed by atoms with Gasteiger partial charge in [0.1, 0.15) is 0 Å². The molecule has 1 fully saturated rings. The van der Waals surface area contributed by atoms with Crippen molar-refractivity contribution in [3.63, 3.8) is 0 Å². The van der Waals surface area contributed by atoms with Crippen molar-refractivity contribution >= 4 is 11.9 Å². The second-order valence-electron chi connectivity index (χ2n) is 5.64. The van der Waals surface area contributed by atoms with Crippen LogP contribution in [0.4, 0.5) is 11.9 Å². The van der Waals surface area contributed by atoms with E-state index in [9.17, 15) is 0 Å². The smallest absolute Gasteiger partial charge is 0.323 e. The first-order valence-corrected chi connectivity index (χ1v) is 8.10. The molecule has 1 aliphatic rings. The lowest BCUT2D eigenvalue weighted by Crippen LogP contribution is -2.27. The Morgan fingerprint density at radius 3 is 2.81 bits per heavy atom. The molecule has 0 bridgehead atoms. The number of nitrogens with zero attached hydrogens (tertiary/aromatic N) is 4. The fourth-order valence-electron chi connectivity index (χ4n) is 2.45. The lowest BCUT2D eigenvalue weighted by molar-refractivity contribution is 0.292. The van der Waals surface area contributed by atoms with Crippen molar-refractivity contribution in [3.8, 4) is 6.01 Å². The van der Waals surface area contributed by atoms with Gasteiger partial charge in [0.2, 0.25) is 11.9 Å². The zero-order chi connectivity index (χ0) is 15.1. The summed E-state index contributed by atoms with van der Waals surface area (Å²) in [5.74, 6) is 2.12. The minimum atomic E-state index is 0.426. The summed E-state index contributed by atoms with van der Waals surface area (Å²) in [6.07, 6.45) is 4.60. The Balaban J connectivity index is 2.17. The van der Waals surface area contributed by atoms with Crippen molar-refractivity contribution in [1.29, 1.82) is 0 Å². The van der Waals surface area contributed by atoms with Crippen LogP contribution in [0.15, 0.2) is 0 Å². The Morgan fingerprint density at radius 2 is 2.05 bits per heavy atom. The van der Waals surface area contributed by atoms with Crippen LogP contribution in [0.1, 0.15) is 46.5 Å². The maximum absolute atomic E-state index is 5.60. The Bertz CT molecular complexity index is 440. The standard InChI is InChI=1S/C15H27N5O/c1-4-11-21-15-18-13(16-5-2)17-14(19-15)20-9-6-7-12(3)8-10-20/h12H,4-11H2,1-3H3,(H,16,17,18,19). The Labute approximate surface area is 127 Å². The maximum Gasteiger partial charge on any atom is 0.323 e. The third kappa shape index (κ3) is 4.72. The fourth-order valence-corrected chi connectivity index (χ4v) is 2.45. The van der Waals surface area contributed by atoms with Gasteiger partial charge in [-0.2, -0.15) is 15.0 Å². The Morgan fingerprint density at radius 1 is 1.19 bits per heavy atom. The van der Waals surface area contributed by atoms with Crippen LogP contribution < -0.4 is 15.0 Å². The number of anilines is 2. The van der Waals surface area contributed by atoms with Crippen molar-refractivity contribution in [3.05, 3.63) is 0 Å². The van der Waals surface area contributed by atoms with Gasteiger partial charge in [0.25, 0.3) is 0 Å². The summed E-state index contributed by atoms with van der Waals surface area (Å²) < 4.78 is 5.60. The zero-order valence-corrected chi connectivity index (χ0v) is 13.4. The van der Waals surface area contributed by atoms with Gasteiger partial charge in [-0.05, 0) is 38.5 Å². The minimum absolute atomic E-state index is 0.426. The number of hydrogen-bond donors (Lipinski definition) is 1. The van der Waals surface area contributed by atoms with Gasteiger partial charge in [-0.25, -0.2) is 0 Å². The predicted molar refractivity (Wildman–Crippen MR) is 85.0 cm³/mol. The molecule has 21 heavy (non-hydrogen) atoms. The first kappa shape index (κ1) is 15.8. The topological polar surface area (TPSA) is 63.2 Å². The van der Waals surface area contributed by atoms with E-state index in [0.717, 1.165) is 37.9 Å². The molecule has 6 heteroatoms. The summed E-state index contributed by atoms with van der Waals surface area (Å²) in [4.78, 5) is 15.6. The summed E-state index contributed by atoms with van der Waals surface area (Å²) in [6, 6.07) is 0.426. The Hall–Kier alpha value is -1.59. The lowest BCUT2D eigenvalue weighted by atomic mass is 10.0. The first-order valence-electron chi connectivity index (χ1n) is 8.10. The number of ether oxygens (including phenoxy) is 1. The summed E-state index contributed by atoms with van der Waals surface area (Å²) in [5.41, 5.74) is 0. The van der Waals surface area contributed by atoms with Crippen molar-refractivity contribution < 1.29 is 4.74 Å². The molecule has 1 saturated heterocycles. The summed E-state index contributed by atoms with van der Waals surface area (Å²) in [5, 5.41) is 3.16. The van der Waals surface area contributed by atoms with Gasteiger partial charge in [-0.3, -0.25) is 0 Å². The highest BCUT2D eigenvalue weighted by atomic mass is 16.5. The van der Waals surface area contributed by atoms with Gasteiger partial charge in [-0.1, -0.05) is 13.8 Å². The molecule has 118 valence electrons. The number of hydrogen-bond acceptors (Lipinski definition) is 6. The SMILES string of the molecule is CCCOc1nc(NCC)nc(N2CCCC(C)CC2)n1. The second kappa shape index (κ2) is 8.00. The molecule has 2 rings (SSSR count). The average molecular weight is 293 g/mol. The van der Waals surface area contributed by atoms with Gasteiger partial charge in [-0.15, -0.1) is 0 Å². The van der Waals surface area contributed by atoms with E-state index in [1.807, 2.05) is 6.92 Å². The van der Waals surface area contributed by atoms with E-state index in [1.165, 1.54) is 19.3 Å². The van der Waals surface area contributed by atoms with Gasteiger partial charge in [0.05, 0.1) is 6.61 Å². The first-order chi connectivity index (χ1) is 10.2. The predicted octanol–water partition coefficient (Wildman–Crippen LogP) is 2.72. The molecule has 2 heterocycles. The summed E-state index contributed by atoms with van der Waals surface area (Å²) in [7, 11) is 0. The second-order valence-corrected chi connectivity index (χ2v) is 5.64. The number of aromatic nitrogens is 3. The number of rotatable bonds is 6. The molecule has 6 nitrogen and oxygen atoms in total. The molecule has 0 spiro atoms. The molecule has 1 aromatic heterocycles. The highest BCUT2D eigenvalue weighted by Gasteiger charge is 2.18. The molecule has 0 aliphatic carbocycles. The molecule has 1 aliphatic heterocycles. The van der Waals surface area contributed by atoms with E-state index >= 15 is 0 Å². The Kier molecular flexibility index (Phi) is 6.02. The molecular weight excluding hydrogens is 266 g/mol. The highest BCUT2D eigenvalue weighted by molar-refractivity contribution is 5.38. The van der Waals surface area contributed by atoms with Gasteiger partial charge >= 0.3 is 6.01 Å². The minimum Gasteiger partial charge on any atom is -0.463 e. The van der Waals surface area contributed by atoms with Crippen LogP contribution in [0.5, 0.6) is 6.01 Å². The molecule has 1 N–H and O–H groups in total. The molecule has 0 radical (unpaired) electrons. The summed E-state index contributed by atoms with van der Waals surface area (Å²) >= 11 is 0. The van der Waals surface area contributed by atoms with Gasteiger partial charge in [0.15, 0.2) is 0 Å². The van der Waals surface area contributed by atoms with Gasteiger partial charge < -0.3 is 15.0 Å². The van der Waals surface area contributed by atoms with E-state index in [4.69, 9.17) is 4.74 Å². The van der Waals surface area contributed by atoms with E-state index in [2.05, 4.69) is 39.0 Å². The molecule has 1 atom stereocenters. The van der Waals surface area contributed by atoms with Crippen LogP contribution in [0, 0.1) is 5.92 Å². The van der Waals surface area contributed by atoms with Crippen LogP contribution in [0.3, 0.4) is 0 Å². The average Bonchev–Trinajstić information content (AvgIpc) is 2.70. The molecule has 0 aromatic carbocycles. The van der Waals surface area contributed by atoms with Crippen LogP contribution in [-0.2, 0) is 0 Å². The van der Waals surface area contributed by atoms with Crippen LogP contribution in [-0.4, -0.2) is 41.2 Å². The molecule has 1 aromatic rings. The molecule has 0 saturated carbocycles. The molecule has 1 unspecified atom stereocenters. The van der Waals surface area contributed by atoms with Crippen molar-refractivity contribution in [2.75, 3.05) is 36.5 Å². The van der Waals surface area contributed by atoms with Crippen molar-refractivity contribution in [2.45, 2.75) is 46.5 Å². The highest BCUT2D eigenvalue weighted by Crippen LogP contribution is 2.21. The zero-order valence-electron chi connectivity index (χ0n) is 13.4. The fraction of sp³-hybridized carbons (Fsp3) is 0.800. The summed E-state index contributed by atoms with van der Waals surface area (Å²) in [6.45, 7) is 9.85. The van der Waals surface area contributed by atoms with Crippen molar-refractivity contribution in [2.24, 2.45) is 5.92 Å². The normalized spacial score (nSPS) is 19.2. The molecular formula is C15H27N5O. The maximum atomic E-state index is 5.60. The van der Waals surface area contributed by atoms with Crippen molar-refractivity contribution in [1.82, 2.24) is 15.0 Å². The third-order valence-electron chi connectivity index (χ3n) is 3.67. The van der Waals surface area contributed by atoms with Crippen LogP contribution in [0.2, 0.25) is 0 Å². The largest absolute Gasteiger partial charge is 0.463 e. The van der Waals surface area contributed by atoms with Crippen LogP contribution >= 0.6 is 0 Å². The number of nitrogens with one attached hydrogen (secondary N) is 1.